The molecular weight excluding hydrogens is 524 g/mol. The molecule has 0 saturated carbocycles. The van der Waals surface area contributed by atoms with Crippen LogP contribution in [0.5, 0.6) is 5.75 Å². The number of benzene rings is 2. The van der Waals surface area contributed by atoms with Crippen molar-refractivity contribution in [3.8, 4) is 11.4 Å². The van der Waals surface area contributed by atoms with Gasteiger partial charge in [-0.15, -0.1) is 11.3 Å². The predicted octanol–water partition coefficient (Wildman–Crippen LogP) is 5.26. The Morgan fingerprint density at radius 2 is 1.97 bits per heavy atom. The molecule has 5 rings (SSSR count). The Morgan fingerprint density at radius 3 is 2.69 bits per heavy atom. The number of carbonyl (C=O) groups excluding carboxylic acids is 1. The molecule has 1 amide bonds. The van der Waals surface area contributed by atoms with E-state index < -0.39 is 23.1 Å². The maximum atomic E-state index is 15.0. The van der Waals surface area contributed by atoms with E-state index in [1.807, 2.05) is 0 Å². The molecule has 39 heavy (non-hydrogen) atoms. The molecule has 0 aliphatic carbocycles. The standard InChI is InChI=1S/C28H19F2N5O3S/c29-18-3-6-20(7-4-18)35-11-1-2-21(28(35)37)27(36)34-19-5-8-24(22(30)13-19)38-25-12-17(26-15-32-16-39-26)14-33-23(25)9-10-31/h1-16,31,33H,(H,34,36)/b23-9-,31-10?. The smallest absolute Gasteiger partial charge is 0.267 e. The quantitative estimate of drug-likeness (QED) is 0.276. The van der Waals surface area contributed by atoms with Crippen LogP contribution in [-0.2, 0) is 0 Å². The number of rotatable bonds is 7. The molecule has 0 saturated heterocycles. The van der Waals surface area contributed by atoms with Crippen LogP contribution in [0.25, 0.3) is 11.3 Å². The molecule has 2 aromatic heterocycles. The van der Waals surface area contributed by atoms with E-state index in [4.69, 9.17) is 10.1 Å². The predicted molar refractivity (Wildman–Crippen MR) is 145 cm³/mol. The molecule has 8 nitrogen and oxygen atoms in total. The minimum absolute atomic E-state index is 0.109. The van der Waals surface area contributed by atoms with Gasteiger partial charge in [0.05, 0.1) is 16.1 Å². The van der Waals surface area contributed by atoms with E-state index >= 15 is 4.39 Å². The van der Waals surface area contributed by atoms with Crippen LogP contribution in [0.4, 0.5) is 14.5 Å². The number of carbonyl (C=O) groups is 1. The van der Waals surface area contributed by atoms with Gasteiger partial charge in [0.15, 0.2) is 17.3 Å². The number of amides is 1. The molecule has 3 N–H and O–H groups in total. The normalized spacial score (nSPS) is 13.7. The monoisotopic (exact) mass is 543 g/mol. The zero-order chi connectivity index (χ0) is 27.4. The Morgan fingerprint density at radius 1 is 1.15 bits per heavy atom. The summed E-state index contributed by atoms with van der Waals surface area (Å²) in [5.74, 6) is -1.77. The lowest BCUT2D eigenvalue weighted by atomic mass is 10.1. The molecule has 3 heterocycles. The van der Waals surface area contributed by atoms with E-state index in [-0.39, 0.29) is 22.8 Å². The number of halogens is 2. The number of thiazole rings is 1. The summed E-state index contributed by atoms with van der Waals surface area (Å²) in [7, 11) is 0. The summed E-state index contributed by atoms with van der Waals surface area (Å²) in [5.41, 5.74) is 2.62. The fourth-order valence-corrected chi connectivity index (χ4v) is 4.35. The van der Waals surface area contributed by atoms with Crippen molar-refractivity contribution in [2.75, 3.05) is 5.32 Å². The zero-order valence-electron chi connectivity index (χ0n) is 20.0. The Labute approximate surface area is 224 Å². The van der Waals surface area contributed by atoms with Crippen LogP contribution < -0.4 is 20.9 Å². The first-order chi connectivity index (χ1) is 18.9. The van der Waals surface area contributed by atoms with Crippen LogP contribution in [0.3, 0.4) is 0 Å². The van der Waals surface area contributed by atoms with Crippen LogP contribution in [0.2, 0.25) is 0 Å². The van der Waals surface area contributed by atoms with E-state index in [1.54, 1.807) is 24.0 Å². The first-order valence-corrected chi connectivity index (χ1v) is 12.4. The first kappa shape index (κ1) is 25.5. The fraction of sp³-hybridized carbons (Fsp3) is 0. The molecule has 1 aliphatic rings. The number of aromatic nitrogens is 2. The van der Waals surface area contributed by atoms with Gasteiger partial charge in [-0.25, -0.2) is 8.78 Å². The average Bonchev–Trinajstić information content (AvgIpc) is 3.47. The number of ether oxygens (including phenoxy) is 1. The summed E-state index contributed by atoms with van der Waals surface area (Å²) in [6.45, 7) is 0. The highest BCUT2D eigenvalue weighted by Gasteiger charge is 2.18. The number of hydrogen-bond donors (Lipinski definition) is 3. The first-order valence-electron chi connectivity index (χ1n) is 11.5. The van der Waals surface area contributed by atoms with Gasteiger partial charge in [0.2, 0.25) is 0 Å². The Hall–Kier alpha value is -5.16. The largest absolute Gasteiger partial charge is 0.452 e. The van der Waals surface area contributed by atoms with Crippen LogP contribution in [0.15, 0.2) is 107 Å². The van der Waals surface area contributed by atoms with Crippen LogP contribution in [0.1, 0.15) is 15.2 Å². The number of pyridine rings is 1. The summed E-state index contributed by atoms with van der Waals surface area (Å²) in [6.07, 6.45) is 9.14. The molecule has 0 atom stereocenters. The molecule has 0 spiro atoms. The van der Waals surface area contributed by atoms with E-state index in [2.05, 4.69) is 15.6 Å². The van der Waals surface area contributed by atoms with Gasteiger partial charge in [-0.3, -0.25) is 19.1 Å². The van der Waals surface area contributed by atoms with Crippen molar-refractivity contribution >= 4 is 34.7 Å². The lowest BCUT2D eigenvalue weighted by molar-refractivity contribution is 0.102. The third kappa shape index (κ3) is 5.58. The zero-order valence-corrected chi connectivity index (χ0v) is 20.8. The summed E-state index contributed by atoms with van der Waals surface area (Å²) in [4.78, 5) is 30.7. The second-order valence-corrected chi connectivity index (χ2v) is 9.03. The maximum Gasteiger partial charge on any atom is 0.267 e. The van der Waals surface area contributed by atoms with Crippen molar-refractivity contribution in [1.82, 2.24) is 14.9 Å². The summed E-state index contributed by atoms with van der Waals surface area (Å²) in [6, 6.07) is 12.0. The number of nitrogens with zero attached hydrogens (tertiary/aromatic N) is 2. The van der Waals surface area contributed by atoms with E-state index in [1.165, 1.54) is 76.7 Å². The van der Waals surface area contributed by atoms with Crippen molar-refractivity contribution in [1.29, 1.82) is 5.41 Å². The summed E-state index contributed by atoms with van der Waals surface area (Å²) in [5, 5.41) is 12.9. The van der Waals surface area contributed by atoms with Gasteiger partial charge in [0, 0.05) is 47.8 Å². The van der Waals surface area contributed by atoms with Gasteiger partial charge < -0.3 is 20.8 Å². The highest BCUT2D eigenvalue weighted by atomic mass is 32.1. The lowest BCUT2D eigenvalue weighted by Crippen LogP contribution is -2.27. The minimum Gasteiger partial charge on any atom is -0.452 e. The van der Waals surface area contributed by atoms with Crippen molar-refractivity contribution in [3.05, 3.63) is 135 Å². The van der Waals surface area contributed by atoms with Crippen molar-refractivity contribution in [2.24, 2.45) is 0 Å². The second-order valence-electron chi connectivity index (χ2n) is 8.14. The van der Waals surface area contributed by atoms with Crippen LogP contribution in [0, 0.1) is 17.0 Å². The SMILES string of the molecule is N=C/C=C1\NC=C(c2cncs2)C=C1Oc1ccc(NC(=O)c2cccn(-c3ccc(F)cc3)c2=O)cc1F. The van der Waals surface area contributed by atoms with Crippen LogP contribution >= 0.6 is 11.3 Å². The average molecular weight is 544 g/mol. The third-order valence-corrected chi connectivity index (χ3v) is 6.43. The molecule has 0 fully saturated rings. The van der Waals surface area contributed by atoms with Crippen molar-refractivity contribution in [2.45, 2.75) is 0 Å². The topological polar surface area (TPSA) is 109 Å². The van der Waals surface area contributed by atoms with E-state index in [0.29, 0.717) is 11.4 Å². The molecule has 0 bridgehead atoms. The lowest BCUT2D eigenvalue weighted by Gasteiger charge is -2.19. The minimum atomic E-state index is -0.756. The highest BCUT2D eigenvalue weighted by molar-refractivity contribution is 7.10. The van der Waals surface area contributed by atoms with Gasteiger partial charge in [0.1, 0.15) is 11.4 Å². The summed E-state index contributed by atoms with van der Waals surface area (Å²) >= 11 is 1.43. The summed E-state index contributed by atoms with van der Waals surface area (Å²) < 4.78 is 35.3. The molecule has 194 valence electrons. The Kier molecular flexibility index (Phi) is 7.23. The fourth-order valence-electron chi connectivity index (χ4n) is 3.74. The van der Waals surface area contributed by atoms with Crippen molar-refractivity contribution < 1.29 is 18.3 Å². The molecule has 1 aliphatic heterocycles. The molecule has 2 aromatic carbocycles. The van der Waals surface area contributed by atoms with Gasteiger partial charge in [-0.1, -0.05) is 0 Å². The number of anilines is 1. The Balaban J connectivity index is 1.36. The highest BCUT2D eigenvalue weighted by Crippen LogP contribution is 2.30. The Bertz CT molecular complexity index is 1710. The third-order valence-electron chi connectivity index (χ3n) is 5.61. The molecule has 0 radical (unpaired) electrons. The molecular formula is C28H19F2N5O3S. The number of hydrogen-bond acceptors (Lipinski definition) is 7. The van der Waals surface area contributed by atoms with Crippen molar-refractivity contribution in [3.63, 3.8) is 0 Å². The number of nitrogens with one attached hydrogen (secondary N) is 3. The molecule has 4 aromatic rings. The van der Waals surface area contributed by atoms with E-state index in [9.17, 15) is 14.0 Å². The molecule has 0 unspecified atom stereocenters. The van der Waals surface area contributed by atoms with Gasteiger partial charge >= 0.3 is 0 Å². The number of dihydropyridines is 1. The van der Waals surface area contributed by atoms with Crippen LogP contribution in [-0.4, -0.2) is 21.7 Å². The van der Waals surface area contributed by atoms with Gasteiger partial charge in [0.25, 0.3) is 11.5 Å². The number of allylic oxidation sites excluding steroid dienone is 3. The molecule has 11 heteroatoms. The van der Waals surface area contributed by atoms with Gasteiger partial charge in [-0.2, -0.15) is 0 Å². The van der Waals surface area contributed by atoms with Gasteiger partial charge in [-0.05, 0) is 60.7 Å². The maximum absolute atomic E-state index is 15.0. The second kappa shape index (κ2) is 11.1. The van der Waals surface area contributed by atoms with E-state index in [0.717, 1.165) is 22.7 Å².